The van der Waals surface area contributed by atoms with Gasteiger partial charge in [-0.25, -0.2) is 0 Å². The van der Waals surface area contributed by atoms with Crippen molar-refractivity contribution < 1.29 is 8.95 Å². The van der Waals surface area contributed by atoms with Crippen molar-refractivity contribution in [2.75, 3.05) is 19.5 Å². The fraction of sp³-hybridized carbons (Fsp3) is 0.444. The smallest absolute Gasteiger partial charge is 0.0715 e. The Kier molecular flexibility index (Phi) is 5.53. The van der Waals surface area contributed by atoms with Crippen LogP contribution >= 0.6 is 23.2 Å². The van der Waals surface area contributed by atoms with Crippen LogP contribution in [-0.2, 0) is 21.3 Å². The van der Waals surface area contributed by atoms with Crippen molar-refractivity contribution in [2.24, 2.45) is 0 Å². The molecule has 0 N–H and O–H groups in total. The Morgan fingerprint density at radius 2 is 2.27 bits per heavy atom. The number of halogens is 2. The third-order valence-electron chi connectivity index (χ3n) is 1.70. The molecule has 6 heteroatoms. The van der Waals surface area contributed by atoms with Gasteiger partial charge in [0.05, 0.1) is 28.1 Å². The Morgan fingerprint density at radius 3 is 2.87 bits per heavy atom. The molecule has 0 saturated carbocycles. The van der Waals surface area contributed by atoms with Crippen molar-refractivity contribution in [1.29, 1.82) is 0 Å². The summed E-state index contributed by atoms with van der Waals surface area (Å²) in [6.45, 7) is 0.470. The summed E-state index contributed by atoms with van der Waals surface area (Å²) in [5, 5.41) is 0.930. The molecule has 1 aromatic rings. The molecule has 0 saturated heterocycles. The third-order valence-corrected chi connectivity index (χ3v) is 3.45. The number of pyridine rings is 1. The summed E-state index contributed by atoms with van der Waals surface area (Å²) in [4.78, 5) is 4.03. The van der Waals surface area contributed by atoms with E-state index in [0.29, 0.717) is 33.9 Å². The van der Waals surface area contributed by atoms with Crippen molar-refractivity contribution in [3.8, 4) is 0 Å². The molecule has 0 spiro atoms. The fourth-order valence-electron chi connectivity index (χ4n) is 0.950. The van der Waals surface area contributed by atoms with Crippen molar-refractivity contribution in [1.82, 2.24) is 4.98 Å². The second-order valence-corrected chi connectivity index (χ2v) is 5.28. The highest BCUT2D eigenvalue weighted by molar-refractivity contribution is 7.84. The Labute approximate surface area is 101 Å². The minimum atomic E-state index is -1.00. The van der Waals surface area contributed by atoms with E-state index >= 15 is 0 Å². The van der Waals surface area contributed by atoms with Gasteiger partial charge in [-0.1, -0.05) is 23.2 Å². The minimum absolute atomic E-state index is 0.333. The number of ether oxygens (including phenoxy) is 1. The van der Waals surface area contributed by atoms with Gasteiger partial charge < -0.3 is 4.74 Å². The topological polar surface area (TPSA) is 39.2 Å². The summed E-state index contributed by atoms with van der Waals surface area (Å²) < 4.78 is 16.3. The Morgan fingerprint density at radius 1 is 1.53 bits per heavy atom. The van der Waals surface area contributed by atoms with Gasteiger partial charge in [0, 0.05) is 29.9 Å². The predicted octanol–water partition coefficient (Wildman–Crippen LogP) is 2.28. The molecule has 1 heterocycles. The lowest BCUT2D eigenvalue weighted by Crippen LogP contribution is -2.07. The minimum Gasteiger partial charge on any atom is -0.384 e. The molecular weight excluding hydrogens is 257 g/mol. The van der Waals surface area contributed by atoms with Gasteiger partial charge in [0.15, 0.2) is 0 Å². The molecule has 1 rings (SSSR count). The molecule has 0 aliphatic rings. The van der Waals surface area contributed by atoms with Gasteiger partial charge in [-0.05, 0) is 6.07 Å². The number of methoxy groups -OCH3 is 1. The molecule has 15 heavy (non-hydrogen) atoms. The Hall–Kier alpha value is -0.160. The summed E-state index contributed by atoms with van der Waals surface area (Å²) in [5.74, 6) is 0.816. The second kappa shape index (κ2) is 6.43. The maximum atomic E-state index is 11.5. The highest BCUT2D eigenvalue weighted by Crippen LogP contribution is 2.19. The van der Waals surface area contributed by atoms with Gasteiger partial charge in [-0.3, -0.25) is 9.19 Å². The first-order chi connectivity index (χ1) is 7.13. The molecule has 0 radical (unpaired) electrons. The van der Waals surface area contributed by atoms with E-state index in [1.165, 1.54) is 6.20 Å². The molecule has 3 nitrogen and oxygen atoms in total. The molecule has 0 aliphatic carbocycles. The van der Waals surface area contributed by atoms with E-state index in [2.05, 4.69) is 4.98 Å². The van der Waals surface area contributed by atoms with E-state index in [1.807, 2.05) is 0 Å². The maximum absolute atomic E-state index is 11.5. The highest BCUT2D eigenvalue weighted by Gasteiger charge is 2.07. The van der Waals surface area contributed by atoms with Crippen molar-refractivity contribution in [3.63, 3.8) is 0 Å². The van der Waals surface area contributed by atoms with Crippen molar-refractivity contribution >= 4 is 34.0 Å². The molecule has 1 unspecified atom stereocenters. The quantitative estimate of drug-likeness (QED) is 0.822. The first-order valence-electron chi connectivity index (χ1n) is 4.27. The lowest BCUT2D eigenvalue weighted by molar-refractivity contribution is 0.218. The number of nitrogens with zero attached hydrogens (tertiary/aromatic N) is 1. The van der Waals surface area contributed by atoms with Gasteiger partial charge in [0.25, 0.3) is 0 Å². The zero-order chi connectivity index (χ0) is 11.3. The number of hydrogen-bond acceptors (Lipinski definition) is 3. The summed E-state index contributed by atoms with van der Waals surface area (Å²) in [7, 11) is 0.571. The monoisotopic (exact) mass is 267 g/mol. The van der Waals surface area contributed by atoms with Crippen LogP contribution in [0.15, 0.2) is 12.3 Å². The first-order valence-corrected chi connectivity index (χ1v) is 6.51. The summed E-state index contributed by atoms with van der Waals surface area (Å²) >= 11 is 11.6. The van der Waals surface area contributed by atoms with Crippen LogP contribution in [0.5, 0.6) is 0 Å². The number of aromatic nitrogens is 1. The van der Waals surface area contributed by atoms with Gasteiger partial charge in [0.2, 0.25) is 0 Å². The van der Waals surface area contributed by atoms with Gasteiger partial charge in [0.1, 0.15) is 0 Å². The average molecular weight is 268 g/mol. The molecule has 0 bridgehead atoms. The highest BCUT2D eigenvalue weighted by atomic mass is 35.5. The van der Waals surface area contributed by atoms with Crippen LogP contribution in [-0.4, -0.2) is 28.7 Å². The molecule has 1 aromatic heterocycles. The molecule has 84 valence electrons. The standard InChI is InChI=1S/C9H11Cl2NO2S/c1-14-2-3-15(13)6-9-8(11)4-7(10)5-12-9/h4-5H,2-3,6H2,1H3. The molecule has 0 amide bonds. The molecule has 1 atom stereocenters. The van der Waals surface area contributed by atoms with Gasteiger partial charge in [-0.2, -0.15) is 0 Å². The number of rotatable bonds is 5. The van der Waals surface area contributed by atoms with Crippen LogP contribution in [0.25, 0.3) is 0 Å². The first kappa shape index (κ1) is 12.9. The third kappa shape index (κ3) is 4.47. The van der Waals surface area contributed by atoms with Crippen LogP contribution in [0.1, 0.15) is 5.69 Å². The molecule has 0 fully saturated rings. The van der Waals surface area contributed by atoms with E-state index < -0.39 is 10.8 Å². The van der Waals surface area contributed by atoms with Crippen LogP contribution in [0.3, 0.4) is 0 Å². The maximum Gasteiger partial charge on any atom is 0.0715 e. The zero-order valence-corrected chi connectivity index (χ0v) is 10.5. The van der Waals surface area contributed by atoms with Crippen LogP contribution in [0.2, 0.25) is 10.0 Å². The summed E-state index contributed by atoms with van der Waals surface area (Å²) in [5.41, 5.74) is 0.607. The average Bonchev–Trinajstić information content (AvgIpc) is 2.19. The second-order valence-electron chi connectivity index (χ2n) is 2.86. The summed E-state index contributed by atoms with van der Waals surface area (Å²) in [6, 6.07) is 1.60. The van der Waals surface area contributed by atoms with Crippen molar-refractivity contribution in [2.45, 2.75) is 5.75 Å². The van der Waals surface area contributed by atoms with Gasteiger partial charge in [-0.15, -0.1) is 0 Å². The Balaban J connectivity index is 2.60. The largest absolute Gasteiger partial charge is 0.384 e. The van der Waals surface area contributed by atoms with Crippen LogP contribution in [0.4, 0.5) is 0 Å². The Bertz CT molecular complexity index is 360. The normalized spacial score (nSPS) is 12.7. The number of hydrogen-bond donors (Lipinski definition) is 0. The van der Waals surface area contributed by atoms with E-state index in [9.17, 15) is 4.21 Å². The van der Waals surface area contributed by atoms with Gasteiger partial charge >= 0.3 is 0 Å². The molecule has 0 aliphatic heterocycles. The van der Waals surface area contributed by atoms with E-state index in [4.69, 9.17) is 27.9 Å². The van der Waals surface area contributed by atoms with Crippen LogP contribution in [0, 0.1) is 0 Å². The predicted molar refractivity (Wildman–Crippen MR) is 62.8 cm³/mol. The van der Waals surface area contributed by atoms with E-state index in [1.54, 1.807) is 13.2 Å². The van der Waals surface area contributed by atoms with E-state index in [0.717, 1.165) is 0 Å². The van der Waals surface area contributed by atoms with E-state index in [-0.39, 0.29) is 0 Å². The lowest BCUT2D eigenvalue weighted by Gasteiger charge is -2.03. The molecular formula is C9H11Cl2NO2S. The van der Waals surface area contributed by atoms with Crippen LogP contribution < -0.4 is 0 Å². The SMILES string of the molecule is COCCS(=O)Cc1ncc(Cl)cc1Cl. The summed E-state index contributed by atoms with van der Waals surface area (Å²) in [6.07, 6.45) is 1.50. The zero-order valence-electron chi connectivity index (χ0n) is 8.20. The van der Waals surface area contributed by atoms with Crippen molar-refractivity contribution in [3.05, 3.63) is 28.0 Å². The fourth-order valence-corrected chi connectivity index (χ4v) is 2.51. The lowest BCUT2D eigenvalue weighted by atomic mass is 10.4. The molecule has 0 aromatic carbocycles.